The largest absolute Gasteiger partial charge is 0.469 e. The van der Waals surface area contributed by atoms with Crippen molar-refractivity contribution in [1.29, 1.82) is 0 Å². The molecule has 0 saturated heterocycles. The average molecular weight is 168 g/mol. The van der Waals surface area contributed by atoms with Crippen molar-refractivity contribution in [2.24, 2.45) is 0 Å². The van der Waals surface area contributed by atoms with E-state index >= 15 is 0 Å². The van der Waals surface area contributed by atoms with Crippen molar-refractivity contribution in [3.63, 3.8) is 0 Å². The van der Waals surface area contributed by atoms with E-state index in [1.165, 1.54) is 7.11 Å². The number of esters is 1. The lowest BCUT2D eigenvalue weighted by Crippen LogP contribution is -2.05. The summed E-state index contributed by atoms with van der Waals surface area (Å²) in [6, 6.07) is 0. The van der Waals surface area contributed by atoms with Gasteiger partial charge in [0.05, 0.1) is 13.7 Å². The van der Waals surface area contributed by atoms with Gasteiger partial charge in [0, 0.05) is 6.42 Å². The Morgan fingerprint density at radius 1 is 1.55 bits per heavy atom. The van der Waals surface area contributed by atoms with Crippen LogP contribution in [0, 0.1) is 0 Å². The van der Waals surface area contributed by atoms with Gasteiger partial charge in [-0.2, -0.15) is 8.78 Å². The summed E-state index contributed by atoms with van der Waals surface area (Å²) in [6.45, 7) is -2.88. The molecule has 0 aliphatic rings. The zero-order valence-electron chi connectivity index (χ0n) is 6.18. The first kappa shape index (κ1) is 10.3. The fraction of sp³-hybridized carbons (Fsp3) is 0.833. The molecule has 0 unspecified atom stereocenters. The summed E-state index contributed by atoms with van der Waals surface area (Å²) in [6.07, 6.45) is 0.375. The van der Waals surface area contributed by atoms with Gasteiger partial charge in [-0.05, 0) is 6.42 Å². The molecule has 0 aliphatic carbocycles. The van der Waals surface area contributed by atoms with E-state index in [1.807, 2.05) is 0 Å². The minimum absolute atomic E-state index is 0.114. The smallest absolute Gasteiger partial charge is 0.345 e. The van der Waals surface area contributed by atoms with Crippen LogP contribution < -0.4 is 0 Å². The standard InChI is InChI=1S/C6H10F2O3/c1-10-5(9)3-2-4-11-6(7)8/h6H,2-4H2,1H3. The lowest BCUT2D eigenvalue weighted by atomic mass is 10.3. The first-order valence-electron chi connectivity index (χ1n) is 3.13. The highest BCUT2D eigenvalue weighted by atomic mass is 19.3. The van der Waals surface area contributed by atoms with Crippen molar-refractivity contribution in [1.82, 2.24) is 0 Å². The zero-order valence-corrected chi connectivity index (χ0v) is 6.18. The molecule has 0 aromatic rings. The quantitative estimate of drug-likeness (QED) is 0.456. The van der Waals surface area contributed by atoms with Gasteiger partial charge in [0.25, 0.3) is 0 Å². The van der Waals surface area contributed by atoms with Gasteiger partial charge < -0.3 is 9.47 Å². The second kappa shape index (κ2) is 6.03. The van der Waals surface area contributed by atoms with Crippen molar-refractivity contribution >= 4 is 5.97 Å². The lowest BCUT2D eigenvalue weighted by molar-refractivity contribution is -0.145. The number of alkyl halides is 2. The van der Waals surface area contributed by atoms with Crippen LogP contribution in [0.4, 0.5) is 8.78 Å². The summed E-state index contributed by atoms with van der Waals surface area (Å²) in [7, 11) is 1.25. The number of hydrogen-bond donors (Lipinski definition) is 0. The predicted molar refractivity (Wildman–Crippen MR) is 33.2 cm³/mol. The molecule has 0 aliphatic heterocycles. The van der Waals surface area contributed by atoms with Crippen molar-refractivity contribution in [2.45, 2.75) is 19.5 Å². The van der Waals surface area contributed by atoms with Crippen LogP contribution in [0.3, 0.4) is 0 Å². The van der Waals surface area contributed by atoms with E-state index in [1.54, 1.807) is 0 Å². The molecule has 0 saturated carbocycles. The van der Waals surface area contributed by atoms with Gasteiger partial charge in [-0.25, -0.2) is 0 Å². The molecule has 0 aromatic carbocycles. The van der Waals surface area contributed by atoms with E-state index in [9.17, 15) is 13.6 Å². The fourth-order valence-corrected chi connectivity index (χ4v) is 0.491. The molecule has 0 N–H and O–H groups in total. The van der Waals surface area contributed by atoms with Crippen LogP contribution in [0.15, 0.2) is 0 Å². The van der Waals surface area contributed by atoms with E-state index in [-0.39, 0.29) is 19.4 Å². The Hall–Kier alpha value is -0.710. The van der Waals surface area contributed by atoms with Crippen LogP contribution >= 0.6 is 0 Å². The number of hydrogen-bond acceptors (Lipinski definition) is 3. The number of carbonyl (C=O) groups is 1. The van der Waals surface area contributed by atoms with Crippen molar-refractivity contribution < 1.29 is 23.0 Å². The maximum atomic E-state index is 11.3. The third kappa shape index (κ3) is 7.18. The summed E-state index contributed by atoms with van der Waals surface area (Å²) >= 11 is 0. The zero-order chi connectivity index (χ0) is 8.69. The highest BCUT2D eigenvalue weighted by molar-refractivity contribution is 5.68. The lowest BCUT2D eigenvalue weighted by Gasteiger charge is -2.00. The van der Waals surface area contributed by atoms with Gasteiger partial charge in [0.1, 0.15) is 0 Å². The van der Waals surface area contributed by atoms with Crippen molar-refractivity contribution in [3.8, 4) is 0 Å². The molecular formula is C6H10F2O3. The molecule has 3 nitrogen and oxygen atoms in total. The highest BCUT2D eigenvalue weighted by Gasteiger charge is 2.03. The van der Waals surface area contributed by atoms with Gasteiger partial charge in [-0.15, -0.1) is 0 Å². The van der Waals surface area contributed by atoms with Crippen LogP contribution in [0.25, 0.3) is 0 Å². The molecule has 0 spiro atoms. The normalized spacial score (nSPS) is 10.2. The predicted octanol–water partition coefficient (Wildman–Crippen LogP) is 1.18. The number of ether oxygens (including phenoxy) is 2. The Balaban J connectivity index is 3.08. The Morgan fingerprint density at radius 3 is 2.64 bits per heavy atom. The minimum atomic E-state index is -2.76. The monoisotopic (exact) mass is 168 g/mol. The van der Waals surface area contributed by atoms with E-state index in [0.29, 0.717) is 0 Å². The first-order chi connectivity index (χ1) is 5.16. The van der Waals surface area contributed by atoms with E-state index < -0.39 is 12.6 Å². The second-order valence-corrected chi connectivity index (χ2v) is 1.81. The number of rotatable bonds is 5. The van der Waals surface area contributed by atoms with Crippen LogP contribution in [-0.4, -0.2) is 26.3 Å². The third-order valence-corrected chi connectivity index (χ3v) is 0.997. The van der Waals surface area contributed by atoms with Crippen LogP contribution in [0.5, 0.6) is 0 Å². The molecule has 11 heavy (non-hydrogen) atoms. The average Bonchev–Trinajstić information content (AvgIpc) is 1.97. The highest BCUT2D eigenvalue weighted by Crippen LogP contribution is 1.98. The second-order valence-electron chi connectivity index (χ2n) is 1.81. The molecule has 0 rings (SSSR count). The van der Waals surface area contributed by atoms with Gasteiger partial charge in [-0.1, -0.05) is 0 Å². The topological polar surface area (TPSA) is 35.5 Å². The number of carbonyl (C=O) groups excluding carboxylic acids is 1. The van der Waals surface area contributed by atoms with Crippen LogP contribution in [-0.2, 0) is 14.3 Å². The molecule has 0 heterocycles. The first-order valence-corrected chi connectivity index (χ1v) is 3.13. The number of methoxy groups -OCH3 is 1. The summed E-state index contributed by atoms with van der Waals surface area (Å²) < 4.78 is 30.8. The van der Waals surface area contributed by atoms with Gasteiger partial charge in [0.15, 0.2) is 0 Å². The summed E-state index contributed by atoms with van der Waals surface area (Å²) in [5.41, 5.74) is 0. The maximum Gasteiger partial charge on any atom is 0.345 e. The number of halogens is 2. The SMILES string of the molecule is COC(=O)CCCOC(F)F. The fourth-order valence-electron chi connectivity index (χ4n) is 0.491. The maximum absolute atomic E-state index is 11.3. The molecule has 0 radical (unpaired) electrons. The molecule has 0 amide bonds. The Morgan fingerprint density at radius 2 is 2.18 bits per heavy atom. The van der Waals surface area contributed by atoms with Gasteiger partial charge >= 0.3 is 12.6 Å². The van der Waals surface area contributed by atoms with Crippen molar-refractivity contribution in [2.75, 3.05) is 13.7 Å². The molecule has 0 bridgehead atoms. The Kier molecular flexibility index (Phi) is 5.64. The molecule has 0 aromatic heterocycles. The summed E-state index contributed by atoms with van der Waals surface area (Å²) in [5, 5.41) is 0. The van der Waals surface area contributed by atoms with Crippen LogP contribution in [0.2, 0.25) is 0 Å². The third-order valence-electron chi connectivity index (χ3n) is 0.997. The molecule has 0 fully saturated rings. The molecule has 5 heteroatoms. The van der Waals surface area contributed by atoms with E-state index in [2.05, 4.69) is 9.47 Å². The summed E-state index contributed by atoms with van der Waals surface area (Å²) in [4.78, 5) is 10.4. The summed E-state index contributed by atoms with van der Waals surface area (Å²) in [5.74, 6) is -0.414. The van der Waals surface area contributed by atoms with E-state index in [0.717, 1.165) is 0 Å². The molecule has 0 atom stereocenters. The molecular weight excluding hydrogens is 158 g/mol. The Labute approximate surface area is 63.3 Å². The van der Waals surface area contributed by atoms with Gasteiger partial charge in [-0.3, -0.25) is 4.79 Å². The molecule has 66 valence electrons. The van der Waals surface area contributed by atoms with Gasteiger partial charge in [0.2, 0.25) is 0 Å². The van der Waals surface area contributed by atoms with Crippen LogP contribution in [0.1, 0.15) is 12.8 Å². The Bertz CT molecular complexity index is 116. The van der Waals surface area contributed by atoms with Crippen molar-refractivity contribution in [3.05, 3.63) is 0 Å². The van der Waals surface area contributed by atoms with E-state index in [4.69, 9.17) is 0 Å². The minimum Gasteiger partial charge on any atom is -0.469 e.